The number of piperidine rings is 1. The minimum atomic E-state index is -0.603. The zero-order chi connectivity index (χ0) is 24.4. The Labute approximate surface area is 207 Å². The number of amides is 1. The van der Waals surface area contributed by atoms with Crippen LogP contribution in [0.2, 0.25) is 5.02 Å². The van der Waals surface area contributed by atoms with Crippen molar-refractivity contribution < 1.29 is 13.9 Å². The first kappa shape index (κ1) is 22.9. The van der Waals surface area contributed by atoms with Crippen molar-refractivity contribution in [2.24, 2.45) is 0 Å². The second kappa shape index (κ2) is 9.77. The normalized spacial score (nSPS) is 15.5. The van der Waals surface area contributed by atoms with Crippen molar-refractivity contribution in [3.05, 3.63) is 77.7 Å². The van der Waals surface area contributed by atoms with Gasteiger partial charge in [0.05, 0.1) is 28.5 Å². The molecule has 0 radical (unpaired) electrons. The molecule has 35 heavy (non-hydrogen) atoms. The Morgan fingerprint density at radius 2 is 2.03 bits per heavy atom. The summed E-state index contributed by atoms with van der Waals surface area (Å²) in [4.78, 5) is 23.8. The van der Waals surface area contributed by atoms with Crippen LogP contribution in [-0.4, -0.2) is 31.7 Å². The van der Waals surface area contributed by atoms with Gasteiger partial charge < -0.3 is 9.64 Å². The van der Waals surface area contributed by atoms with Crippen LogP contribution in [0.15, 0.2) is 61.1 Å². The molecule has 1 amide bonds. The number of aromatic nitrogens is 3. The van der Waals surface area contributed by atoms with Gasteiger partial charge in [-0.3, -0.25) is 14.2 Å². The van der Waals surface area contributed by atoms with Crippen LogP contribution in [0.1, 0.15) is 38.1 Å². The van der Waals surface area contributed by atoms with E-state index < -0.39 is 5.82 Å². The van der Waals surface area contributed by atoms with Gasteiger partial charge in [0.25, 0.3) is 5.91 Å². The third kappa shape index (κ3) is 4.45. The van der Waals surface area contributed by atoms with Crippen LogP contribution in [0.3, 0.4) is 0 Å². The van der Waals surface area contributed by atoms with Gasteiger partial charge in [0.15, 0.2) is 11.6 Å². The summed E-state index contributed by atoms with van der Waals surface area (Å²) >= 11 is 5.85. The largest absolute Gasteiger partial charge is 0.454 e. The number of imidazole rings is 1. The molecule has 8 heteroatoms. The average Bonchev–Trinajstić information content (AvgIpc) is 3.27. The van der Waals surface area contributed by atoms with Gasteiger partial charge in [-0.25, -0.2) is 9.37 Å². The number of ether oxygens (including phenoxy) is 1. The van der Waals surface area contributed by atoms with Gasteiger partial charge in [-0.2, -0.15) is 0 Å². The Kier molecular flexibility index (Phi) is 6.39. The molecular weight excluding hydrogens is 467 g/mol. The molecular formula is C27H22ClFN4O2. The smallest absolute Gasteiger partial charge is 0.299 e. The first-order chi connectivity index (χ1) is 17.1. The summed E-state index contributed by atoms with van der Waals surface area (Å²) in [5.41, 5.74) is 2.42. The first-order valence-electron chi connectivity index (χ1n) is 11.3. The maximum absolute atomic E-state index is 14.2. The minimum Gasteiger partial charge on any atom is -0.454 e. The molecule has 1 unspecified atom stereocenters. The van der Waals surface area contributed by atoms with E-state index in [0.717, 1.165) is 41.9 Å². The standard InChI is InChI=1S/C27H22ClFN4O2/c1-2-6-24(34)32-15-4-3-8-21(32)27-31-26(22-17-30-14-16-33(22)27)18-10-12-19(13-11-18)35-23-9-5-7-20(28)25(23)29/h5,7,9-14,16-17,21H,3-4,8,15H2,1H3. The van der Waals surface area contributed by atoms with E-state index in [1.165, 1.54) is 12.1 Å². The molecule has 176 valence electrons. The van der Waals surface area contributed by atoms with Crippen LogP contribution >= 0.6 is 11.6 Å². The lowest BCUT2D eigenvalue weighted by Gasteiger charge is -2.33. The van der Waals surface area contributed by atoms with Crippen LogP contribution in [-0.2, 0) is 4.79 Å². The molecule has 0 saturated carbocycles. The van der Waals surface area contributed by atoms with Crippen molar-refractivity contribution in [3.63, 3.8) is 0 Å². The van der Waals surface area contributed by atoms with Gasteiger partial charge in [-0.05, 0) is 68.5 Å². The zero-order valence-electron chi connectivity index (χ0n) is 19.0. The molecule has 2 aromatic carbocycles. The van der Waals surface area contributed by atoms with Gasteiger partial charge in [0.1, 0.15) is 11.6 Å². The fourth-order valence-corrected chi connectivity index (χ4v) is 4.57. The molecule has 2 aromatic heterocycles. The van der Waals surface area contributed by atoms with Crippen molar-refractivity contribution in [1.29, 1.82) is 0 Å². The number of rotatable bonds is 4. The second-order valence-electron chi connectivity index (χ2n) is 8.21. The Morgan fingerprint density at radius 1 is 1.20 bits per heavy atom. The Balaban J connectivity index is 1.50. The lowest BCUT2D eigenvalue weighted by molar-refractivity contribution is -0.129. The average molecular weight is 489 g/mol. The monoisotopic (exact) mass is 488 g/mol. The highest BCUT2D eigenvalue weighted by Gasteiger charge is 2.31. The van der Waals surface area contributed by atoms with Gasteiger partial charge in [0.2, 0.25) is 0 Å². The summed E-state index contributed by atoms with van der Waals surface area (Å²) in [7, 11) is 0. The lowest BCUT2D eigenvalue weighted by atomic mass is 10.0. The van der Waals surface area contributed by atoms with E-state index in [1.54, 1.807) is 37.5 Å². The van der Waals surface area contributed by atoms with Crippen molar-refractivity contribution >= 4 is 23.0 Å². The quantitative estimate of drug-likeness (QED) is 0.328. The predicted molar refractivity (Wildman–Crippen MR) is 132 cm³/mol. The van der Waals surface area contributed by atoms with E-state index in [0.29, 0.717) is 12.3 Å². The molecule has 0 bridgehead atoms. The fourth-order valence-electron chi connectivity index (χ4n) is 4.40. The lowest BCUT2D eigenvalue weighted by Crippen LogP contribution is -2.38. The van der Waals surface area contributed by atoms with Gasteiger partial charge in [-0.1, -0.05) is 23.6 Å². The second-order valence-corrected chi connectivity index (χ2v) is 8.62. The number of fused-ring (bicyclic) bond motifs is 1. The molecule has 1 aliphatic rings. The summed E-state index contributed by atoms with van der Waals surface area (Å²) in [5.74, 6) is 5.91. The van der Waals surface area contributed by atoms with Gasteiger partial charge in [-0.15, -0.1) is 0 Å². The SMILES string of the molecule is CC#CC(=O)N1CCCCC1c1nc(-c2ccc(Oc3cccc(Cl)c3F)cc2)c2cnccn12. The van der Waals surface area contributed by atoms with Crippen molar-refractivity contribution in [2.75, 3.05) is 6.54 Å². The Morgan fingerprint density at radius 3 is 2.83 bits per heavy atom. The summed E-state index contributed by atoms with van der Waals surface area (Å²) in [5, 5.41) is 0.00351. The van der Waals surface area contributed by atoms with E-state index in [1.807, 2.05) is 27.6 Å². The maximum Gasteiger partial charge on any atom is 0.299 e. The molecule has 1 aliphatic heterocycles. The highest BCUT2D eigenvalue weighted by atomic mass is 35.5. The first-order valence-corrected chi connectivity index (χ1v) is 11.7. The summed E-state index contributed by atoms with van der Waals surface area (Å²) in [6.45, 7) is 2.32. The number of nitrogens with zero attached hydrogens (tertiary/aromatic N) is 4. The van der Waals surface area contributed by atoms with Crippen molar-refractivity contribution in [2.45, 2.75) is 32.2 Å². The number of carbonyl (C=O) groups is 1. The summed E-state index contributed by atoms with van der Waals surface area (Å²) in [6, 6.07) is 11.7. The summed E-state index contributed by atoms with van der Waals surface area (Å²) in [6.07, 6.45) is 8.10. The molecule has 1 fully saturated rings. The van der Waals surface area contributed by atoms with E-state index in [9.17, 15) is 9.18 Å². The Hall–Kier alpha value is -3.89. The number of hydrogen-bond donors (Lipinski definition) is 0. The highest BCUT2D eigenvalue weighted by molar-refractivity contribution is 6.30. The minimum absolute atomic E-state index is 0.00351. The molecule has 4 aromatic rings. The van der Waals surface area contributed by atoms with Crippen molar-refractivity contribution in [3.8, 4) is 34.6 Å². The molecule has 5 rings (SSSR count). The van der Waals surface area contributed by atoms with Crippen LogP contribution in [0.25, 0.3) is 16.8 Å². The van der Waals surface area contributed by atoms with E-state index in [-0.39, 0.29) is 22.7 Å². The molecule has 6 nitrogen and oxygen atoms in total. The zero-order valence-corrected chi connectivity index (χ0v) is 19.8. The van der Waals surface area contributed by atoms with Crippen LogP contribution < -0.4 is 4.74 Å². The predicted octanol–water partition coefficient (Wildman–Crippen LogP) is 6.06. The molecule has 1 saturated heterocycles. The molecule has 0 N–H and O–H groups in total. The topological polar surface area (TPSA) is 59.7 Å². The van der Waals surface area contributed by atoms with E-state index >= 15 is 0 Å². The molecule has 3 heterocycles. The van der Waals surface area contributed by atoms with Crippen LogP contribution in [0.5, 0.6) is 11.5 Å². The molecule has 0 spiro atoms. The number of likely N-dealkylation sites (tertiary alicyclic amines) is 1. The molecule has 1 atom stereocenters. The van der Waals surface area contributed by atoms with Crippen molar-refractivity contribution in [1.82, 2.24) is 19.3 Å². The molecule has 0 aliphatic carbocycles. The fraction of sp³-hybridized carbons (Fsp3) is 0.222. The Bertz CT molecular complexity index is 1460. The van der Waals surface area contributed by atoms with Gasteiger partial charge >= 0.3 is 0 Å². The summed E-state index contributed by atoms with van der Waals surface area (Å²) < 4.78 is 21.9. The third-order valence-corrected chi connectivity index (χ3v) is 6.33. The number of halogens is 2. The number of benzene rings is 2. The number of carbonyl (C=O) groups excluding carboxylic acids is 1. The third-order valence-electron chi connectivity index (χ3n) is 6.04. The van der Waals surface area contributed by atoms with Gasteiger partial charge in [0, 0.05) is 24.5 Å². The van der Waals surface area contributed by atoms with Crippen LogP contribution in [0, 0.1) is 17.7 Å². The highest BCUT2D eigenvalue weighted by Crippen LogP contribution is 2.35. The van der Waals surface area contributed by atoms with E-state index in [4.69, 9.17) is 21.3 Å². The van der Waals surface area contributed by atoms with Crippen LogP contribution in [0.4, 0.5) is 4.39 Å². The maximum atomic E-state index is 14.2. The number of hydrogen-bond acceptors (Lipinski definition) is 4. The van der Waals surface area contributed by atoms with E-state index in [2.05, 4.69) is 16.8 Å².